The highest BCUT2D eigenvalue weighted by Gasteiger charge is 2.40. The van der Waals surface area contributed by atoms with Crippen molar-refractivity contribution in [1.29, 1.82) is 0 Å². The summed E-state index contributed by atoms with van der Waals surface area (Å²) < 4.78 is 47.3. The number of alkyl halides is 4. The molecule has 0 aromatic carbocycles. The Balaban J connectivity index is 3.63. The molecule has 80 valence electrons. The molecule has 0 aliphatic rings. The van der Waals surface area contributed by atoms with Gasteiger partial charge in [0.1, 0.15) is 0 Å². The third kappa shape index (κ3) is 5.02. The lowest BCUT2D eigenvalue weighted by Crippen LogP contribution is -2.42. The second kappa shape index (κ2) is 5.36. The predicted molar refractivity (Wildman–Crippen MR) is 36.9 cm³/mol. The molecule has 3 nitrogen and oxygen atoms in total. The van der Waals surface area contributed by atoms with E-state index in [1.54, 1.807) is 0 Å². The Morgan fingerprint density at radius 3 is 2.23 bits per heavy atom. The molecule has 0 fully saturated rings. The molecule has 13 heavy (non-hydrogen) atoms. The molecule has 0 amide bonds. The summed E-state index contributed by atoms with van der Waals surface area (Å²) in [7, 11) is 0. The van der Waals surface area contributed by atoms with Crippen molar-refractivity contribution in [2.24, 2.45) is 0 Å². The molecule has 0 aliphatic heterocycles. The second-order valence-electron chi connectivity index (χ2n) is 2.53. The van der Waals surface area contributed by atoms with E-state index in [1.165, 1.54) is 0 Å². The molecule has 0 aromatic rings. The molecule has 0 aromatic heterocycles. The highest BCUT2D eigenvalue weighted by Crippen LogP contribution is 2.21. The first kappa shape index (κ1) is 12.6. The Bertz CT molecular complexity index is 145. The lowest BCUT2D eigenvalue weighted by Gasteiger charge is -2.16. The van der Waals surface area contributed by atoms with Crippen molar-refractivity contribution in [3.05, 3.63) is 0 Å². The molecule has 1 atom stereocenters. The number of hydrogen-bond acceptors (Lipinski definition) is 3. The molecule has 0 saturated heterocycles. The van der Waals surface area contributed by atoms with Crippen LogP contribution in [0.4, 0.5) is 17.6 Å². The number of hydrogen-bond donors (Lipinski definition) is 3. The Kier molecular flexibility index (Phi) is 5.19. The fourth-order valence-corrected chi connectivity index (χ4v) is 0.547. The number of aliphatic hydroxyl groups excluding tert-OH is 2. The van der Waals surface area contributed by atoms with Crippen LogP contribution in [0.3, 0.4) is 0 Å². The average Bonchev–Trinajstić information content (AvgIpc) is 2.03. The summed E-state index contributed by atoms with van der Waals surface area (Å²) in [5.74, 6) is -4.10. The van der Waals surface area contributed by atoms with E-state index in [0.29, 0.717) is 0 Å². The monoisotopic (exact) mass is 205 g/mol. The van der Waals surface area contributed by atoms with Gasteiger partial charge in [0.2, 0.25) is 0 Å². The van der Waals surface area contributed by atoms with Crippen LogP contribution in [0.2, 0.25) is 0 Å². The van der Waals surface area contributed by atoms with Crippen LogP contribution in [0.25, 0.3) is 0 Å². The van der Waals surface area contributed by atoms with Gasteiger partial charge in [-0.25, -0.2) is 8.78 Å². The summed E-state index contributed by atoms with van der Waals surface area (Å²) in [5.41, 5.74) is 0. The van der Waals surface area contributed by atoms with E-state index < -0.39 is 31.6 Å². The molecule has 3 N–H and O–H groups in total. The topological polar surface area (TPSA) is 52.5 Å². The van der Waals surface area contributed by atoms with E-state index in [1.807, 2.05) is 5.32 Å². The van der Waals surface area contributed by atoms with Gasteiger partial charge in [-0.15, -0.1) is 0 Å². The zero-order valence-corrected chi connectivity index (χ0v) is 6.68. The first-order chi connectivity index (χ1) is 5.90. The SMILES string of the molecule is OCC(O)CNCC(F)(F)C(F)F. The molecule has 0 radical (unpaired) electrons. The molecule has 7 heteroatoms. The van der Waals surface area contributed by atoms with Crippen LogP contribution in [0.1, 0.15) is 0 Å². The van der Waals surface area contributed by atoms with Gasteiger partial charge in [0.25, 0.3) is 0 Å². The summed E-state index contributed by atoms with van der Waals surface area (Å²) in [6.45, 7) is -2.17. The van der Waals surface area contributed by atoms with E-state index in [2.05, 4.69) is 0 Å². The van der Waals surface area contributed by atoms with Crippen LogP contribution in [0.15, 0.2) is 0 Å². The van der Waals surface area contributed by atoms with Gasteiger partial charge >= 0.3 is 12.3 Å². The average molecular weight is 205 g/mol. The molecule has 0 bridgehead atoms. The minimum Gasteiger partial charge on any atom is -0.394 e. The largest absolute Gasteiger partial charge is 0.394 e. The minimum atomic E-state index is -4.10. The van der Waals surface area contributed by atoms with Gasteiger partial charge in [0.15, 0.2) is 0 Å². The Morgan fingerprint density at radius 1 is 1.31 bits per heavy atom. The first-order valence-corrected chi connectivity index (χ1v) is 3.55. The number of nitrogens with one attached hydrogen (secondary N) is 1. The lowest BCUT2D eigenvalue weighted by atomic mass is 10.3. The van der Waals surface area contributed by atoms with Gasteiger partial charge in [-0.3, -0.25) is 0 Å². The van der Waals surface area contributed by atoms with Crippen molar-refractivity contribution < 1.29 is 27.8 Å². The van der Waals surface area contributed by atoms with Crippen LogP contribution < -0.4 is 5.32 Å². The fourth-order valence-electron chi connectivity index (χ4n) is 0.547. The normalized spacial score (nSPS) is 15.0. The number of aliphatic hydroxyl groups is 2. The van der Waals surface area contributed by atoms with E-state index in [4.69, 9.17) is 10.2 Å². The van der Waals surface area contributed by atoms with Gasteiger partial charge in [-0.1, -0.05) is 0 Å². The summed E-state index contributed by atoms with van der Waals surface area (Å²) in [5, 5.41) is 18.8. The number of halogens is 4. The van der Waals surface area contributed by atoms with Crippen molar-refractivity contribution in [2.45, 2.75) is 18.5 Å². The summed E-state index contributed by atoms with van der Waals surface area (Å²) in [4.78, 5) is 0. The maximum Gasteiger partial charge on any atom is 0.319 e. The molecular weight excluding hydrogens is 194 g/mol. The predicted octanol–water partition coefficient (Wildman–Crippen LogP) is -0.170. The van der Waals surface area contributed by atoms with Crippen molar-refractivity contribution in [2.75, 3.05) is 19.7 Å². The third-order valence-electron chi connectivity index (χ3n) is 1.27. The standard InChI is InChI=1S/C6H11F4NO2/c7-5(8)6(9,10)3-11-1-4(13)2-12/h4-5,11-13H,1-3H2. The van der Waals surface area contributed by atoms with Crippen molar-refractivity contribution >= 4 is 0 Å². The minimum absolute atomic E-state index is 0.348. The fraction of sp³-hybridized carbons (Fsp3) is 1.00. The van der Waals surface area contributed by atoms with Gasteiger partial charge in [0.05, 0.1) is 19.3 Å². The van der Waals surface area contributed by atoms with E-state index >= 15 is 0 Å². The zero-order chi connectivity index (χ0) is 10.5. The molecule has 0 saturated carbocycles. The third-order valence-corrected chi connectivity index (χ3v) is 1.27. The van der Waals surface area contributed by atoms with Gasteiger partial charge in [-0.05, 0) is 0 Å². The van der Waals surface area contributed by atoms with Crippen LogP contribution >= 0.6 is 0 Å². The molecule has 0 rings (SSSR count). The smallest absolute Gasteiger partial charge is 0.319 e. The molecule has 1 unspecified atom stereocenters. The van der Waals surface area contributed by atoms with Crippen LogP contribution in [0, 0.1) is 0 Å². The molecule has 0 aliphatic carbocycles. The van der Waals surface area contributed by atoms with Crippen molar-refractivity contribution in [1.82, 2.24) is 5.32 Å². The Hall–Kier alpha value is -0.400. The van der Waals surface area contributed by atoms with E-state index in [0.717, 1.165) is 0 Å². The number of rotatable bonds is 6. The molecule has 0 heterocycles. The van der Waals surface area contributed by atoms with E-state index in [-0.39, 0.29) is 6.54 Å². The zero-order valence-electron chi connectivity index (χ0n) is 6.68. The highest BCUT2D eigenvalue weighted by molar-refractivity contribution is 4.73. The highest BCUT2D eigenvalue weighted by atomic mass is 19.3. The van der Waals surface area contributed by atoms with Gasteiger partial charge < -0.3 is 15.5 Å². The Labute approximate surface area is 72.4 Å². The molecular formula is C6H11F4NO2. The van der Waals surface area contributed by atoms with Crippen molar-refractivity contribution in [3.63, 3.8) is 0 Å². The summed E-state index contributed by atoms with van der Waals surface area (Å²) >= 11 is 0. The van der Waals surface area contributed by atoms with Crippen molar-refractivity contribution in [3.8, 4) is 0 Å². The van der Waals surface area contributed by atoms with Crippen LogP contribution in [-0.2, 0) is 0 Å². The second-order valence-corrected chi connectivity index (χ2v) is 2.53. The van der Waals surface area contributed by atoms with Crippen LogP contribution in [-0.4, -0.2) is 48.4 Å². The first-order valence-electron chi connectivity index (χ1n) is 3.55. The maximum atomic E-state index is 12.1. The Morgan fingerprint density at radius 2 is 1.85 bits per heavy atom. The van der Waals surface area contributed by atoms with Crippen LogP contribution in [0.5, 0.6) is 0 Å². The summed E-state index contributed by atoms with van der Waals surface area (Å²) in [6, 6.07) is 0. The molecule has 0 spiro atoms. The quantitative estimate of drug-likeness (QED) is 0.528. The van der Waals surface area contributed by atoms with Gasteiger partial charge in [0, 0.05) is 6.54 Å². The van der Waals surface area contributed by atoms with Gasteiger partial charge in [-0.2, -0.15) is 8.78 Å². The summed E-state index contributed by atoms with van der Waals surface area (Å²) in [6.07, 6.45) is -4.94. The van der Waals surface area contributed by atoms with E-state index in [9.17, 15) is 17.6 Å². The maximum absolute atomic E-state index is 12.1. The lowest BCUT2D eigenvalue weighted by molar-refractivity contribution is -0.125.